The number of alkyl halides is 5. The molecule has 0 N–H and O–H groups in total. The van der Waals surface area contributed by atoms with Crippen LogP contribution in [0.15, 0.2) is 6.20 Å². The van der Waals surface area contributed by atoms with Crippen LogP contribution in [-0.2, 0) is 6.18 Å². The van der Waals surface area contributed by atoms with Gasteiger partial charge in [-0.05, 0) is 6.92 Å². The maximum absolute atomic E-state index is 13.0. The standard InChI is InChI=1S/C8H5F6N/c1-3-6(9)5(7(10)11)4(2-15-3)8(12,13)14/h2,7H,1H3. The lowest BCUT2D eigenvalue weighted by Gasteiger charge is -2.13. The Bertz CT molecular complexity index is 370. The summed E-state index contributed by atoms with van der Waals surface area (Å²) in [6.45, 7) is 1.02. The minimum atomic E-state index is -5.03. The summed E-state index contributed by atoms with van der Waals surface area (Å²) in [4.78, 5) is 3.06. The molecular formula is C8H5F6N. The van der Waals surface area contributed by atoms with E-state index in [-0.39, 0.29) is 6.20 Å². The lowest BCUT2D eigenvalue weighted by Crippen LogP contribution is -2.13. The Labute approximate surface area is 80.7 Å². The zero-order valence-electron chi connectivity index (χ0n) is 7.37. The van der Waals surface area contributed by atoms with Crippen molar-refractivity contribution < 1.29 is 26.3 Å². The number of nitrogens with zero attached hydrogens (tertiary/aromatic N) is 1. The lowest BCUT2D eigenvalue weighted by molar-refractivity contribution is -0.140. The summed E-state index contributed by atoms with van der Waals surface area (Å²) in [5.41, 5.74) is -3.87. The van der Waals surface area contributed by atoms with Crippen LogP contribution in [-0.4, -0.2) is 4.98 Å². The fourth-order valence-corrected chi connectivity index (χ4v) is 1.04. The highest BCUT2D eigenvalue weighted by Crippen LogP contribution is 2.37. The molecule has 0 radical (unpaired) electrons. The van der Waals surface area contributed by atoms with Gasteiger partial charge in [0.05, 0.1) is 16.8 Å². The Kier molecular flexibility index (Phi) is 2.92. The number of rotatable bonds is 1. The normalized spacial score (nSPS) is 12.3. The Morgan fingerprint density at radius 1 is 1.27 bits per heavy atom. The molecule has 1 aromatic rings. The molecular weight excluding hydrogens is 224 g/mol. The van der Waals surface area contributed by atoms with Crippen molar-refractivity contribution in [3.63, 3.8) is 0 Å². The Balaban J connectivity index is 3.47. The summed E-state index contributed by atoms with van der Waals surface area (Å²) in [5, 5.41) is 0. The van der Waals surface area contributed by atoms with Gasteiger partial charge in [0.15, 0.2) is 5.82 Å². The van der Waals surface area contributed by atoms with E-state index in [1.54, 1.807) is 0 Å². The third-order valence-electron chi connectivity index (χ3n) is 1.76. The third-order valence-corrected chi connectivity index (χ3v) is 1.76. The molecule has 0 aliphatic heterocycles. The van der Waals surface area contributed by atoms with Crippen molar-refractivity contribution in [2.24, 2.45) is 0 Å². The third kappa shape index (κ3) is 2.21. The highest BCUT2D eigenvalue weighted by Gasteiger charge is 2.38. The first-order chi connectivity index (χ1) is 6.75. The largest absolute Gasteiger partial charge is 0.418 e. The van der Waals surface area contributed by atoms with Gasteiger partial charge in [0.25, 0.3) is 6.43 Å². The van der Waals surface area contributed by atoms with Crippen molar-refractivity contribution >= 4 is 0 Å². The van der Waals surface area contributed by atoms with Gasteiger partial charge >= 0.3 is 6.18 Å². The van der Waals surface area contributed by atoms with Crippen molar-refractivity contribution in [3.05, 3.63) is 28.8 Å². The quantitative estimate of drug-likeness (QED) is 0.671. The van der Waals surface area contributed by atoms with Gasteiger partial charge in [-0.2, -0.15) is 13.2 Å². The van der Waals surface area contributed by atoms with Crippen LogP contribution in [0.2, 0.25) is 0 Å². The van der Waals surface area contributed by atoms with Crippen molar-refractivity contribution in [2.45, 2.75) is 19.5 Å². The van der Waals surface area contributed by atoms with E-state index in [2.05, 4.69) is 4.98 Å². The number of aryl methyl sites for hydroxylation is 1. The number of hydrogen-bond acceptors (Lipinski definition) is 1. The zero-order valence-corrected chi connectivity index (χ0v) is 7.37. The molecule has 84 valence electrons. The van der Waals surface area contributed by atoms with Gasteiger partial charge in [-0.25, -0.2) is 13.2 Å². The molecule has 1 heterocycles. The van der Waals surface area contributed by atoms with Crippen LogP contribution in [0.3, 0.4) is 0 Å². The molecule has 0 fully saturated rings. The van der Waals surface area contributed by atoms with Gasteiger partial charge in [-0.15, -0.1) is 0 Å². The molecule has 0 aliphatic carbocycles. The number of halogens is 6. The fraction of sp³-hybridized carbons (Fsp3) is 0.375. The second kappa shape index (κ2) is 3.71. The molecule has 7 heteroatoms. The summed E-state index contributed by atoms with van der Waals surface area (Å²) >= 11 is 0. The van der Waals surface area contributed by atoms with Gasteiger partial charge in [-0.1, -0.05) is 0 Å². The fourth-order valence-electron chi connectivity index (χ4n) is 1.04. The van der Waals surface area contributed by atoms with Crippen molar-refractivity contribution in [1.82, 2.24) is 4.98 Å². The maximum Gasteiger partial charge on any atom is 0.418 e. The monoisotopic (exact) mass is 229 g/mol. The first kappa shape index (κ1) is 11.8. The molecule has 0 aromatic carbocycles. The second-order valence-electron chi connectivity index (χ2n) is 2.78. The Morgan fingerprint density at radius 3 is 2.20 bits per heavy atom. The average Bonchev–Trinajstić information content (AvgIpc) is 2.06. The zero-order chi connectivity index (χ0) is 11.8. The molecule has 1 aromatic heterocycles. The summed E-state index contributed by atoms with van der Waals surface area (Å²) in [6.07, 6.45) is -8.35. The van der Waals surface area contributed by atoms with Crippen LogP contribution in [0.4, 0.5) is 26.3 Å². The Morgan fingerprint density at radius 2 is 1.80 bits per heavy atom. The van der Waals surface area contributed by atoms with Gasteiger partial charge < -0.3 is 0 Å². The van der Waals surface area contributed by atoms with Gasteiger partial charge in [0.2, 0.25) is 0 Å². The summed E-state index contributed by atoms with van der Waals surface area (Å²) < 4.78 is 74.0. The smallest absolute Gasteiger partial charge is 0.258 e. The van der Waals surface area contributed by atoms with E-state index >= 15 is 0 Å². The number of pyridine rings is 1. The molecule has 15 heavy (non-hydrogen) atoms. The molecule has 1 nitrogen and oxygen atoms in total. The predicted molar refractivity (Wildman–Crippen MR) is 38.9 cm³/mol. The summed E-state index contributed by atoms with van der Waals surface area (Å²) in [5.74, 6) is -1.61. The minimum Gasteiger partial charge on any atom is -0.258 e. The second-order valence-corrected chi connectivity index (χ2v) is 2.78. The maximum atomic E-state index is 13.0. The van der Waals surface area contributed by atoms with Crippen LogP contribution < -0.4 is 0 Å². The minimum absolute atomic E-state index is 0.208. The van der Waals surface area contributed by atoms with Gasteiger partial charge in [0.1, 0.15) is 0 Å². The topological polar surface area (TPSA) is 12.9 Å². The van der Waals surface area contributed by atoms with E-state index in [1.165, 1.54) is 0 Å². The molecule has 0 saturated heterocycles. The SMILES string of the molecule is Cc1ncc(C(F)(F)F)c(C(F)F)c1F. The molecule has 0 unspecified atom stereocenters. The summed E-state index contributed by atoms with van der Waals surface area (Å²) in [6, 6.07) is 0. The Hall–Kier alpha value is -1.27. The predicted octanol–water partition coefficient (Wildman–Crippen LogP) is 3.49. The average molecular weight is 229 g/mol. The van der Waals surface area contributed by atoms with E-state index < -0.39 is 35.2 Å². The highest BCUT2D eigenvalue weighted by atomic mass is 19.4. The van der Waals surface area contributed by atoms with E-state index in [9.17, 15) is 26.3 Å². The molecule has 0 aliphatic rings. The lowest BCUT2D eigenvalue weighted by atomic mass is 10.1. The van der Waals surface area contributed by atoms with E-state index in [4.69, 9.17) is 0 Å². The summed E-state index contributed by atoms with van der Waals surface area (Å²) in [7, 11) is 0. The number of aromatic nitrogens is 1. The molecule has 0 atom stereocenters. The van der Waals surface area contributed by atoms with Crippen molar-refractivity contribution in [1.29, 1.82) is 0 Å². The van der Waals surface area contributed by atoms with Crippen molar-refractivity contribution in [2.75, 3.05) is 0 Å². The van der Waals surface area contributed by atoms with E-state index in [0.29, 0.717) is 0 Å². The highest BCUT2D eigenvalue weighted by molar-refractivity contribution is 5.31. The molecule has 0 bridgehead atoms. The number of hydrogen-bond donors (Lipinski definition) is 0. The van der Waals surface area contributed by atoms with Gasteiger partial charge in [0, 0.05) is 6.20 Å². The molecule has 0 spiro atoms. The van der Waals surface area contributed by atoms with Crippen LogP contribution in [0.5, 0.6) is 0 Å². The molecule has 0 amide bonds. The van der Waals surface area contributed by atoms with Crippen molar-refractivity contribution in [3.8, 4) is 0 Å². The van der Waals surface area contributed by atoms with Crippen LogP contribution in [0, 0.1) is 12.7 Å². The van der Waals surface area contributed by atoms with Crippen LogP contribution in [0.25, 0.3) is 0 Å². The van der Waals surface area contributed by atoms with Crippen LogP contribution in [0.1, 0.15) is 23.2 Å². The van der Waals surface area contributed by atoms with E-state index in [1.807, 2.05) is 0 Å². The first-order valence-corrected chi connectivity index (χ1v) is 3.75. The van der Waals surface area contributed by atoms with Crippen LogP contribution >= 0.6 is 0 Å². The molecule has 0 saturated carbocycles. The van der Waals surface area contributed by atoms with E-state index in [0.717, 1.165) is 6.92 Å². The van der Waals surface area contributed by atoms with Gasteiger partial charge in [-0.3, -0.25) is 4.98 Å². The first-order valence-electron chi connectivity index (χ1n) is 3.75. The molecule has 1 rings (SSSR count).